The van der Waals surface area contributed by atoms with E-state index >= 15 is 0 Å². The van der Waals surface area contributed by atoms with E-state index in [-0.39, 0.29) is 18.5 Å². The fourth-order valence-corrected chi connectivity index (χ4v) is 3.45. The van der Waals surface area contributed by atoms with E-state index in [2.05, 4.69) is 5.32 Å². The molecule has 0 spiro atoms. The highest BCUT2D eigenvalue weighted by atomic mass is 16.2. The van der Waals surface area contributed by atoms with Gasteiger partial charge in [-0.25, -0.2) is 4.79 Å². The number of carbonyl (C=O) groups excluding carboxylic acids is 3. The second-order valence-electron chi connectivity index (χ2n) is 7.51. The minimum atomic E-state index is -1.18. The molecular weight excluding hydrogens is 354 g/mol. The van der Waals surface area contributed by atoms with Gasteiger partial charge in [-0.1, -0.05) is 48.0 Å². The maximum Gasteiger partial charge on any atom is 0.325 e. The van der Waals surface area contributed by atoms with Crippen molar-refractivity contribution in [2.24, 2.45) is 0 Å². The molecule has 1 atom stereocenters. The fourth-order valence-electron chi connectivity index (χ4n) is 3.45. The van der Waals surface area contributed by atoms with Crippen LogP contribution in [0, 0.1) is 6.92 Å². The number of para-hydroxylation sites is 1. The second kappa shape index (κ2) is 7.46. The number of amides is 4. The van der Waals surface area contributed by atoms with Crippen molar-refractivity contribution in [1.82, 2.24) is 10.2 Å². The molecule has 1 fully saturated rings. The zero-order valence-electron chi connectivity index (χ0n) is 16.6. The van der Waals surface area contributed by atoms with Crippen molar-refractivity contribution in [2.75, 3.05) is 11.4 Å². The van der Waals surface area contributed by atoms with Gasteiger partial charge in [0.2, 0.25) is 5.91 Å². The topological polar surface area (TPSA) is 69.7 Å². The molecule has 1 aliphatic rings. The van der Waals surface area contributed by atoms with Gasteiger partial charge in [0.15, 0.2) is 0 Å². The van der Waals surface area contributed by atoms with Crippen LogP contribution in [0.2, 0.25) is 0 Å². The van der Waals surface area contributed by atoms with Gasteiger partial charge in [0.1, 0.15) is 12.1 Å². The highest BCUT2D eigenvalue weighted by Crippen LogP contribution is 2.29. The Balaban J connectivity index is 1.84. The summed E-state index contributed by atoms with van der Waals surface area (Å²) in [5.74, 6) is -0.732. The summed E-state index contributed by atoms with van der Waals surface area (Å²) in [5.41, 5.74) is 1.30. The van der Waals surface area contributed by atoms with Gasteiger partial charge < -0.3 is 10.2 Å². The van der Waals surface area contributed by atoms with Crippen molar-refractivity contribution in [3.05, 3.63) is 65.7 Å². The van der Waals surface area contributed by atoms with Crippen molar-refractivity contribution in [2.45, 2.75) is 39.3 Å². The SMILES string of the molecule is Cc1ccc(C2(C)NC(=O)N(CC(=O)N(c3ccccc3)C(C)C)C2=O)cc1. The molecule has 28 heavy (non-hydrogen) atoms. The van der Waals surface area contributed by atoms with Crippen LogP contribution >= 0.6 is 0 Å². The number of hydrogen-bond acceptors (Lipinski definition) is 3. The van der Waals surface area contributed by atoms with Crippen molar-refractivity contribution < 1.29 is 14.4 Å². The summed E-state index contributed by atoms with van der Waals surface area (Å²) in [6.45, 7) is 7.11. The van der Waals surface area contributed by atoms with Crippen molar-refractivity contribution in [1.29, 1.82) is 0 Å². The van der Waals surface area contributed by atoms with Crippen LogP contribution in [-0.2, 0) is 15.1 Å². The van der Waals surface area contributed by atoms with Gasteiger partial charge in [0.05, 0.1) is 0 Å². The van der Waals surface area contributed by atoms with Crippen LogP contribution in [0.5, 0.6) is 0 Å². The van der Waals surface area contributed by atoms with E-state index in [1.807, 2.05) is 75.4 Å². The van der Waals surface area contributed by atoms with E-state index < -0.39 is 17.5 Å². The first-order valence-electron chi connectivity index (χ1n) is 9.32. The molecule has 6 nitrogen and oxygen atoms in total. The Labute approximate surface area is 165 Å². The minimum absolute atomic E-state index is 0.112. The monoisotopic (exact) mass is 379 g/mol. The molecule has 0 saturated carbocycles. The standard InChI is InChI=1S/C22H25N3O3/c1-15(2)25(18-8-6-5-7-9-18)19(26)14-24-20(27)22(4,23-21(24)28)17-12-10-16(3)11-13-17/h5-13,15H,14H2,1-4H3,(H,23,28). The third kappa shape index (κ3) is 3.50. The van der Waals surface area contributed by atoms with E-state index in [0.29, 0.717) is 5.56 Å². The van der Waals surface area contributed by atoms with Gasteiger partial charge in [-0.3, -0.25) is 14.5 Å². The molecule has 0 aliphatic carbocycles. The largest absolute Gasteiger partial charge is 0.325 e. The molecule has 146 valence electrons. The third-order valence-electron chi connectivity index (χ3n) is 5.02. The maximum absolute atomic E-state index is 13.1. The molecule has 1 unspecified atom stereocenters. The summed E-state index contributed by atoms with van der Waals surface area (Å²) in [6, 6.07) is 16.0. The lowest BCUT2D eigenvalue weighted by Crippen LogP contribution is -2.46. The summed E-state index contributed by atoms with van der Waals surface area (Å²) in [5, 5.41) is 2.75. The molecule has 1 heterocycles. The highest BCUT2D eigenvalue weighted by molar-refractivity contribution is 6.10. The fraction of sp³-hybridized carbons (Fsp3) is 0.318. The molecule has 0 radical (unpaired) electrons. The van der Waals surface area contributed by atoms with E-state index in [1.54, 1.807) is 11.8 Å². The van der Waals surface area contributed by atoms with E-state index in [9.17, 15) is 14.4 Å². The Morgan fingerprint density at radius 1 is 1.07 bits per heavy atom. The second-order valence-corrected chi connectivity index (χ2v) is 7.51. The highest BCUT2D eigenvalue weighted by Gasteiger charge is 2.49. The number of nitrogens with zero attached hydrogens (tertiary/aromatic N) is 2. The molecule has 4 amide bonds. The minimum Gasteiger partial charge on any atom is -0.319 e. The zero-order valence-corrected chi connectivity index (χ0v) is 16.6. The van der Waals surface area contributed by atoms with E-state index in [4.69, 9.17) is 0 Å². The molecule has 0 bridgehead atoms. The number of nitrogens with one attached hydrogen (secondary N) is 1. The number of rotatable bonds is 5. The summed E-state index contributed by atoms with van der Waals surface area (Å²) in [6.07, 6.45) is 0. The summed E-state index contributed by atoms with van der Waals surface area (Å²) in [4.78, 5) is 41.2. The van der Waals surface area contributed by atoms with Crippen LogP contribution in [0.1, 0.15) is 31.9 Å². The Morgan fingerprint density at radius 3 is 2.25 bits per heavy atom. The predicted molar refractivity (Wildman–Crippen MR) is 108 cm³/mol. The number of carbonyl (C=O) groups is 3. The summed E-state index contributed by atoms with van der Waals surface area (Å²) < 4.78 is 0. The number of aryl methyl sites for hydroxylation is 1. The van der Waals surface area contributed by atoms with Gasteiger partial charge in [-0.2, -0.15) is 0 Å². The first-order chi connectivity index (χ1) is 13.2. The molecular formula is C22H25N3O3. The van der Waals surface area contributed by atoms with Gasteiger partial charge >= 0.3 is 6.03 Å². The Bertz CT molecular complexity index is 893. The van der Waals surface area contributed by atoms with Gasteiger partial charge in [0, 0.05) is 11.7 Å². The first-order valence-corrected chi connectivity index (χ1v) is 9.32. The smallest absolute Gasteiger partial charge is 0.319 e. The lowest BCUT2D eigenvalue weighted by molar-refractivity contribution is -0.134. The van der Waals surface area contributed by atoms with Crippen molar-refractivity contribution >= 4 is 23.5 Å². The van der Waals surface area contributed by atoms with Gasteiger partial charge in [-0.15, -0.1) is 0 Å². The number of benzene rings is 2. The van der Waals surface area contributed by atoms with Gasteiger partial charge in [-0.05, 0) is 45.4 Å². The lowest BCUT2D eigenvalue weighted by atomic mass is 9.91. The van der Waals surface area contributed by atoms with Crippen LogP contribution < -0.4 is 10.2 Å². The first kappa shape index (κ1) is 19.6. The molecule has 2 aromatic carbocycles. The van der Waals surface area contributed by atoms with Crippen molar-refractivity contribution in [3.63, 3.8) is 0 Å². The van der Waals surface area contributed by atoms with Crippen LogP contribution in [0.4, 0.5) is 10.5 Å². The molecule has 0 aromatic heterocycles. The van der Waals surface area contributed by atoms with Crippen LogP contribution in [0.15, 0.2) is 54.6 Å². The molecule has 1 saturated heterocycles. The Morgan fingerprint density at radius 2 is 1.68 bits per heavy atom. The summed E-state index contributed by atoms with van der Waals surface area (Å²) >= 11 is 0. The van der Waals surface area contributed by atoms with Crippen LogP contribution in [-0.4, -0.2) is 35.3 Å². The van der Waals surface area contributed by atoms with E-state index in [1.165, 1.54) is 0 Å². The number of anilines is 1. The average molecular weight is 379 g/mol. The molecule has 1 N–H and O–H groups in total. The summed E-state index contributed by atoms with van der Waals surface area (Å²) in [7, 11) is 0. The Hall–Kier alpha value is -3.15. The Kier molecular flexibility index (Phi) is 5.23. The quantitative estimate of drug-likeness (QED) is 0.811. The van der Waals surface area contributed by atoms with Gasteiger partial charge in [0.25, 0.3) is 5.91 Å². The normalized spacial score (nSPS) is 19.1. The number of urea groups is 1. The number of imide groups is 1. The zero-order chi connectivity index (χ0) is 20.5. The maximum atomic E-state index is 13.1. The molecule has 2 aromatic rings. The van der Waals surface area contributed by atoms with E-state index in [0.717, 1.165) is 16.2 Å². The average Bonchev–Trinajstić information content (AvgIpc) is 2.87. The lowest BCUT2D eigenvalue weighted by Gasteiger charge is -2.28. The van der Waals surface area contributed by atoms with Crippen molar-refractivity contribution in [3.8, 4) is 0 Å². The molecule has 3 rings (SSSR count). The molecule has 1 aliphatic heterocycles. The third-order valence-corrected chi connectivity index (χ3v) is 5.02. The van der Waals surface area contributed by atoms with Crippen LogP contribution in [0.3, 0.4) is 0 Å². The van der Waals surface area contributed by atoms with Crippen LogP contribution in [0.25, 0.3) is 0 Å². The predicted octanol–water partition coefficient (Wildman–Crippen LogP) is 3.20. The number of hydrogen-bond donors (Lipinski definition) is 1. The molecule has 6 heteroatoms.